The second-order valence-electron chi connectivity index (χ2n) is 7.40. The predicted molar refractivity (Wildman–Crippen MR) is 94.4 cm³/mol. The second-order valence-corrected chi connectivity index (χ2v) is 7.40. The van der Waals surface area contributed by atoms with Crippen molar-refractivity contribution in [2.45, 2.75) is 50.9 Å². The third-order valence-electron chi connectivity index (χ3n) is 5.60. The van der Waals surface area contributed by atoms with Crippen molar-refractivity contribution in [3.8, 4) is 0 Å². The van der Waals surface area contributed by atoms with Gasteiger partial charge in [-0.3, -0.25) is 9.69 Å². The lowest BCUT2D eigenvalue weighted by molar-refractivity contribution is -0.122. The first kappa shape index (κ1) is 16.5. The van der Waals surface area contributed by atoms with Crippen LogP contribution in [0.15, 0.2) is 30.3 Å². The topological polar surface area (TPSA) is 32.3 Å². The van der Waals surface area contributed by atoms with Crippen molar-refractivity contribution in [1.82, 2.24) is 10.2 Å². The molecule has 1 N–H and O–H groups in total. The molecule has 2 aliphatic carbocycles. The molecular weight excluding hydrogens is 284 g/mol. The van der Waals surface area contributed by atoms with E-state index in [1.807, 2.05) is 0 Å². The fraction of sp³-hybridized carbons (Fsp3) is 0.650. The summed E-state index contributed by atoms with van der Waals surface area (Å²) < 4.78 is 0. The van der Waals surface area contributed by atoms with E-state index in [4.69, 9.17) is 0 Å². The molecule has 0 aliphatic heterocycles. The van der Waals surface area contributed by atoms with Crippen LogP contribution in [0.5, 0.6) is 0 Å². The molecule has 0 spiro atoms. The first-order valence-corrected chi connectivity index (χ1v) is 9.26. The second kappa shape index (κ2) is 7.48. The molecule has 3 nitrogen and oxygen atoms in total. The average Bonchev–Trinajstić information content (AvgIpc) is 3.27. The first-order valence-electron chi connectivity index (χ1n) is 9.26. The van der Waals surface area contributed by atoms with Crippen LogP contribution in [0.3, 0.4) is 0 Å². The van der Waals surface area contributed by atoms with Crippen LogP contribution in [0.25, 0.3) is 0 Å². The predicted octanol–water partition coefficient (Wildman–Crippen LogP) is 3.35. The smallest absolute Gasteiger partial charge is 0.234 e. The molecule has 3 rings (SSSR count). The zero-order chi connectivity index (χ0) is 16.1. The van der Waals surface area contributed by atoms with Crippen molar-refractivity contribution in [3.05, 3.63) is 35.9 Å². The van der Waals surface area contributed by atoms with Crippen molar-refractivity contribution in [1.29, 1.82) is 0 Å². The fourth-order valence-corrected chi connectivity index (χ4v) is 3.91. The quantitative estimate of drug-likeness (QED) is 0.798. The van der Waals surface area contributed by atoms with E-state index in [9.17, 15) is 4.79 Å². The van der Waals surface area contributed by atoms with Gasteiger partial charge in [-0.1, -0.05) is 50.1 Å². The Labute approximate surface area is 140 Å². The van der Waals surface area contributed by atoms with Crippen LogP contribution in [0, 0.1) is 5.92 Å². The summed E-state index contributed by atoms with van der Waals surface area (Å²) in [6.45, 7) is 5.55. The molecule has 126 valence electrons. The standard InChI is InChI=1S/C20H30N2O/c1-2-22(14-17-10-11-17)15-19(23)21-16-20(12-6-7-13-20)18-8-4-3-5-9-18/h3-5,8-9,17H,2,6-7,10-16H2,1H3,(H,21,23). The number of rotatable bonds is 8. The highest BCUT2D eigenvalue weighted by Crippen LogP contribution is 2.40. The van der Waals surface area contributed by atoms with E-state index in [2.05, 4.69) is 47.5 Å². The number of likely N-dealkylation sites (N-methyl/N-ethyl adjacent to an activating group) is 1. The van der Waals surface area contributed by atoms with Gasteiger partial charge < -0.3 is 5.32 Å². The van der Waals surface area contributed by atoms with Crippen LogP contribution in [-0.4, -0.2) is 37.0 Å². The number of carbonyl (C=O) groups excluding carboxylic acids is 1. The lowest BCUT2D eigenvalue weighted by Crippen LogP contribution is -2.44. The summed E-state index contributed by atoms with van der Waals surface area (Å²) in [4.78, 5) is 14.7. The molecule has 3 heteroatoms. The summed E-state index contributed by atoms with van der Waals surface area (Å²) in [5.41, 5.74) is 1.55. The molecule has 2 fully saturated rings. The third-order valence-corrected chi connectivity index (χ3v) is 5.60. The fourth-order valence-electron chi connectivity index (χ4n) is 3.91. The largest absolute Gasteiger partial charge is 0.354 e. The number of hydrogen-bond donors (Lipinski definition) is 1. The zero-order valence-corrected chi connectivity index (χ0v) is 14.4. The van der Waals surface area contributed by atoms with E-state index in [1.54, 1.807) is 0 Å². The monoisotopic (exact) mass is 314 g/mol. The summed E-state index contributed by atoms with van der Waals surface area (Å²) in [5, 5.41) is 3.24. The van der Waals surface area contributed by atoms with Crippen LogP contribution in [0.4, 0.5) is 0 Å². The summed E-state index contributed by atoms with van der Waals surface area (Å²) in [7, 11) is 0. The van der Waals surface area contributed by atoms with Gasteiger partial charge in [0.1, 0.15) is 0 Å². The van der Waals surface area contributed by atoms with Crippen molar-refractivity contribution in [3.63, 3.8) is 0 Å². The van der Waals surface area contributed by atoms with E-state index >= 15 is 0 Å². The molecule has 0 heterocycles. The van der Waals surface area contributed by atoms with Crippen molar-refractivity contribution in [2.24, 2.45) is 5.92 Å². The molecule has 2 aliphatic rings. The van der Waals surface area contributed by atoms with E-state index in [-0.39, 0.29) is 11.3 Å². The van der Waals surface area contributed by atoms with E-state index in [0.717, 1.165) is 25.6 Å². The number of nitrogens with zero attached hydrogens (tertiary/aromatic N) is 1. The Morgan fingerprint density at radius 1 is 1.22 bits per heavy atom. The maximum atomic E-state index is 12.4. The van der Waals surface area contributed by atoms with Gasteiger partial charge in [0.25, 0.3) is 0 Å². The number of benzene rings is 1. The lowest BCUT2D eigenvalue weighted by Gasteiger charge is -2.30. The van der Waals surface area contributed by atoms with Crippen molar-refractivity contribution in [2.75, 3.05) is 26.2 Å². The number of nitrogens with one attached hydrogen (secondary N) is 1. The number of hydrogen-bond acceptors (Lipinski definition) is 2. The average molecular weight is 314 g/mol. The lowest BCUT2D eigenvalue weighted by atomic mass is 9.79. The van der Waals surface area contributed by atoms with E-state index < -0.39 is 0 Å². The maximum Gasteiger partial charge on any atom is 0.234 e. The van der Waals surface area contributed by atoms with Crippen molar-refractivity contribution >= 4 is 5.91 Å². The molecule has 0 radical (unpaired) electrons. The van der Waals surface area contributed by atoms with Gasteiger partial charge in [-0.25, -0.2) is 0 Å². The molecule has 1 aromatic carbocycles. The summed E-state index contributed by atoms with van der Waals surface area (Å²) in [6, 6.07) is 10.8. The summed E-state index contributed by atoms with van der Waals surface area (Å²) in [5.74, 6) is 1.03. The molecule has 1 aromatic rings. The van der Waals surface area contributed by atoms with Gasteiger partial charge in [0.15, 0.2) is 0 Å². The summed E-state index contributed by atoms with van der Waals surface area (Å²) in [6.07, 6.45) is 7.61. The highest BCUT2D eigenvalue weighted by atomic mass is 16.2. The Balaban J connectivity index is 1.55. The van der Waals surface area contributed by atoms with Gasteiger partial charge in [-0.15, -0.1) is 0 Å². The minimum absolute atomic E-state index is 0.157. The Kier molecular flexibility index (Phi) is 5.37. The van der Waals surface area contributed by atoms with Crippen LogP contribution in [-0.2, 0) is 10.2 Å². The van der Waals surface area contributed by atoms with Gasteiger partial charge in [-0.2, -0.15) is 0 Å². The van der Waals surface area contributed by atoms with Crippen molar-refractivity contribution < 1.29 is 4.79 Å². The molecule has 0 atom stereocenters. The van der Waals surface area contributed by atoms with Crippen LogP contribution >= 0.6 is 0 Å². The molecule has 0 saturated heterocycles. The van der Waals surface area contributed by atoms with Gasteiger partial charge in [0, 0.05) is 18.5 Å². The Morgan fingerprint density at radius 2 is 1.91 bits per heavy atom. The highest BCUT2D eigenvalue weighted by Gasteiger charge is 2.35. The van der Waals surface area contributed by atoms with Gasteiger partial charge in [-0.05, 0) is 43.7 Å². The molecule has 0 bridgehead atoms. The van der Waals surface area contributed by atoms with Crippen LogP contribution < -0.4 is 5.32 Å². The first-order chi connectivity index (χ1) is 11.2. The molecule has 0 unspecified atom stereocenters. The molecule has 1 amide bonds. The Morgan fingerprint density at radius 3 is 2.52 bits per heavy atom. The van der Waals surface area contributed by atoms with Crippen LogP contribution in [0.2, 0.25) is 0 Å². The molecular formula is C20H30N2O. The highest BCUT2D eigenvalue weighted by molar-refractivity contribution is 5.78. The van der Waals surface area contributed by atoms with Crippen LogP contribution in [0.1, 0.15) is 51.0 Å². The Hall–Kier alpha value is -1.35. The maximum absolute atomic E-state index is 12.4. The zero-order valence-electron chi connectivity index (χ0n) is 14.4. The molecule has 0 aromatic heterocycles. The molecule has 2 saturated carbocycles. The number of carbonyl (C=O) groups is 1. The molecule has 23 heavy (non-hydrogen) atoms. The van der Waals surface area contributed by atoms with E-state index in [0.29, 0.717) is 6.54 Å². The van der Waals surface area contributed by atoms with Gasteiger partial charge in [0.2, 0.25) is 5.91 Å². The van der Waals surface area contributed by atoms with Gasteiger partial charge >= 0.3 is 0 Å². The van der Waals surface area contributed by atoms with E-state index in [1.165, 1.54) is 44.1 Å². The third kappa shape index (κ3) is 4.35. The van der Waals surface area contributed by atoms with Gasteiger partial charge in [0.05, 0.1) is 6.54 Å². The number of amides is 1. The normalized spacial score (nSPS) is 19.9. The minimum atomic E-state index is 0.157. The SMILES string of the molecule is CCN(CC(=O)NCC1(c2ccccc2)CCCC1)CC1CC1. The Bertz CT molecular complexity index is 504. The minimum Gasteiger partial charge on any atom is -0.354 e. The summed E-state index contributed by atoms with van der Waals surface area (Å²) >= 11 is 0.